The minimum Gasteiger partial charge on any atom is -0.474 e. The molecule has 198 valence electrons. The van der Waals surface area contributed by atoms with Gasteiger partial charge in [0.1, 0.15) is 6.23 Å². The van der Waals surface area contributed by atoms with Crippen molar-refractivity contribution in [3.05, 3.63) is 88.2 Å². The topological polar surface area (TPSA) is 61.8 Å². The number of benzene rings is 2. The molecule has 3 atom stereocenters. The number of nitrogens with zero attached hydrogens (tertiary/aromatic N) is 1. The van der Waals surface area contributed by atoms with Gasteiger partial charge in [0.2, 0.25) is 0 Å². The number of aliphatic hydroxyl groups excluding tert-OH is 1. The van der Waals surface area contributed by atoms with E-state index in [0.29, 0.717) is 24.1 Å². The highest BCUT2D eigenvalue weighted by Gasteiger charge is 2.40. The van der Waals surface area contributed by atoms with Crippen molar-refractivity contribution in [2.24, 2.45) is 0 Å². The highest BCUT2D eigenvalue weighted by atomic mass is 19.4. The first-order valence-electron chi connectivity index (χ1n) is 11.4. The number of amides is 1. The van der Waals surface area contributed by atoms with Crippen LogP contribution < -0.4 is 10.2 Å². The number of aliphatic hydroxyl groups is 1. The van der Waals surface area contributed by atoms with Crippen molar-refractivity contribution in [1.82, 2.24) is 5.32 Å². The molecule has 11 heteroatoms. The van der Waals surface area contributed by atoms with E-state index >= 15 is 0 Å². The van der Waals surface area contributed by atoms with E-state index in [1.807, 2.05) is 24.3 Å². The first-order valence-corrected chi connectivity index (χ1v) is 11.4. The van der Waals surface area contributed by atoms with Gasteiger partial charge < -0.3 is 9.84 Å². The number of nitrogens with one attached hydrogen (secondary N) is 1. The third-order valence-corrected chi connectivity index (χ3v) is 6.52. The lowest BCUT2D eigenvalue weighted by Gasteiger charge is -2.27. The zero-order chi connectivity index (χ0) is 27.1. The highest BCUT2D eigenvalue weighted by Crippen LogP contribution is 2.41. The van der Waals surface area contributed by atoms with Crippen molar-refractivity contribution in [2.45, 2.75) is 50.5 Å². The van der Waals surface area contributed by atoms with Crippen LogP contribution >= 0.6 is 0 Å². The Labute approximate surface area is 209 Å². The number of hydrogen-bond acceptors (Lipinski definition) is 4. The summed E-state index contributed by atoms with van der Waals surface area (Å²) >= 11 is 0. The number of hydrogen-bond donors (Lipinski definition) is 2. The first kappa shape index (κ1) is 26.7. The molecule has 1 heterocycles. The zero-order valence-electron chi connectivity index (χ0n) is 19.8. The van der Waals surface area contributed by atoms with E-state index in [1.165, 1.54) is 26.3 Å². The monoisotopic (exact) mass is 526 g/mol. The summed E-state index contributed by atoms with van der Waals surface area (Å²) < 4.78 is 86.2. The fraction of sp³-hybridized carbons (Fsp3) is 0.346. The summed E-state index contributed by atoms with van der Waals surface area (Å²) in [6.45, 7) is 1.39. The van der Waals surface area contributed by atoms with E-state index in [9.17, 15) is 36.2 Å². The summed E-state index contributed by atoms with van der Waals surface area (Å²) in [7, 11) is 1.52. The number of ether oxygens (including phenoxy) is 1. The van der Waals surface area contributed by atoms with Gasteiger partial charge in [-0.25, -0.2) is 0 Å². The molecule has 1 aliphatic heterocycles. The van der Waals surface area contributed by atoms with Crippen molar-refractivity contribution < 1.29 is 41.0 Å². The lowest BCUT2D eigenvalue weighted by molar-refractivity contribution is -0.143. The lowest BCUT2D eigenvalue weighted by atomic mass is 9.92. The van der Waals surface area contributed by atoms with E-state index < -0.39 is 47.5 Å². The van der Waals surface area contributed by atoms with Gasteiger partial charge >= 0.3 is 12.4 Å². The summed E-state index contributed by atoms with van der Waals surface area (Å²) in [4.78, 5) is 13.6. The molecular formula is C26H24F6N2O3. The van der Waals surface area contributed by atoms with Gasteiger partial charge in [-0.2, -0.15) is 26.3 Å². The molecule has 1 aliphatic carbocycles. The van der Waals surface area contributed by atoms with Crippen molar-refractivity contribution >= 4 is 11.6 Å². The molecule has 0 saturated carbocycles. The minimum absolute atomic E-state index is 0.000973. The van der Waals surface area contributed by atoms with Crippen molar-refractivity contribution in [3.63, 3.8) is 0 Å². The standard InChI is InChI=1S/C26H24F6N2O3/c1-14-9-22(37-13-21(23(35)33-2)20-8-7-15-5-3-4-6-19(15)20)34(24(14)36)18-11-16(25(27,28)29)10-17(12-18)26(30,31)32/h3-6,9-13,20,22-23,33,35H,7-8H2,1-2H3/b21-13-. The van der Waals surface area contributed by atoms with Crippen LogP contribution in [0.5, 0.6) is 0 Å². The molecule has 5 nitrogen and oxygen atoms in total. The Kier molecular flexibility index (Phi) is 7.13. The summed E-state index contributed by atoms with van der Waals surface area (Å²) in [6.07, 6.45) is -8.66. The summed E-state index contributed by atoms with van der Waals surface area (Å²) in [5.74, 6) is -1.03. The number of anilines is 1. The SMILES string of the molecule is CNC(O)/C(=C\OC1C=C(C)C(=O)N1c1cc(C(F)(F)F)cc(C(F)(F)F)c1)C1CCc2ccccc21. The van der Waals surface area contributed by atoms with Crippen LogP contribution in [0.4, 0.5) is 32.0 Å². The third-order valence-electron chi connectivity index (χ3n) is 6.52. The number of rotatable bonds is 6. The predicted molar refractivity (Wildman–Crippen MR) is 123 cm³/mol. The van der Waals surface area contributed by atoms with Gasteiger partial charge in [0.25, 0.3) is 5.91 Å². The van der Waals surface area contributed by atoms with Crippen molar-refractivity contribution in [2.75, 3.05) is 11.9 Å². The van der Waals surface area contributed by atoms with Crippen molar-refractivity contribution in [3.8, 4) is 0 Å². The average Bonchev–Trinajstić information content (AvgIpc) is 3.38. The molecule has 0 bridgehead atoms. The molecule has 0 aromatic heterocycles. The number of alkyl halides is 6. The summed E-state index contributed by atoms with van der Waals surface area (Å²) in [5.41, 5.74) is -1.12. The van der Waals surface area contributed by atoms with Gasteiger partial charge in [-0.05, 0) is 62.2 Å². The van der Waals surface area contributed by atoms with Crippen LogP contribution in [0.1, 0.15) is 41.5 Å². The van der Waals surface area contributed by atoms with Crippen LogP contribution in [0.15, 0.2) is 65.9 Å². The Morgan fingerprint density at radius 2 is 1.73 bits per heavy atom. The minimum atomic E-state index is -5.07. The average molecular weight is 526 g/mol. The Bertz CT molecular complexity index is 1220. The molecule has 2 aliphatic rings. The van der Waals surface area contributed by atoms with Crippen LogP contribution in [0.2, 0.25) is 0 Å². The molecule has 0 spiro atoms. The zero-order valence-corrected chi connectivity index (χ0v) is 19.8. The quantitative estimate of drug-likeness (QED) is 0.296. The molecule has 0 fully saturated rings. The Morgan fingerprint density at radius 3 is 2.32 bits per heavy atom. The van der Waals surface area contributed by atoms with E-state index in [0.717, 1.165) is 22.4 Å². The molecule has 2 N–H and O–H groups in total. The van der Waals surface area contributed by atoms with Gasteiger partial charge in [0.05, 0.1) is 17.4 Å². The fourth-order valence-corrected chi connectivity index (χ4v) is 4.66. The third kappa shape index (κ3) is 5.37. The van der Waals surface area contributed by atoms with Gasteiger partial charge in [0.15, 0.2) is 6.23 Å². The van der Waals surface area contributed by atoms with Crippen LogP contribution in [-0.2, 0) is 28.3 Å². The second-order valence-electron chi connectivity index (χ2n) is 8.91. The van der Waals surface area contributed by atoms with Crippen LogP contribution in [0.25, 0.3) is 0 Å². The summed E-state index contributed by atoms with van der Waals surface area (Å²) in [5, 5.41) is 13.3. The van der Waals surface area contributed by atoms with E-state index in [2.05, 4.69) is 5.32 Å². The second kappa shape index (κ2) is 9.86. The first-order chi connectivity index (χ1) is 17.3. The number of carbonyl (C=O) groups is 1. The Morgan fingerprint density at radius 1 is 1.11 bits per heavy atom. The van der Waals surface area contributed by atoms with E-state index in [1.54, 1.807) is 0 Å². The number of likely N-dealkylation sites (N-methyl/N-ethyl adjacent to an activating group) is 1. The molecule has 37 heavy (non-hydrogen) atoms. The van der Waals surface area contributed by atoms with Gasteiger partial charge in [-0.15, -0.1) is 0 Å². The molecule has 4 rings (SSSR count). The highest BCUT2D eigenvalue weighted by molar-refractivity contribution is 6.08. The Hall–Kier alpha value is -3.31. The van der Waals surface area contributed by atoms with Gasteiger partial charge in [0, 0.05) is 22.8 Å². The number of halogens is 6. The normalized spacial score (nSPS) is 21.2. The van der Waals surface area contributed by atoms with Crippen LogP contribution in [0.3, 0.4) is 0 Å². The molecule has 2 aromatic rings. The maximum absolute atomic E-state index is 13.4. The molecule has 1 amide bonds. The van der Waals surface area contributed by atoms with E-state index in [-0.39, 0.29) is 17.6 Å². The molecular weight excluding hydrogens is 502 g/mol. The summed E-state index contributed by atoms with van der Waals surface area (Å²) in [6, 6.07) is 8.60. The van der Waals surface area contributed by atoms with Crippen LogP contribution in [0, 0.1) is 0 Å². The maximum atomic E-state index is 13.4. The maximum Gasteiger partial charge on any atom is 0.416 e. The fourth-order valence-electron chi connectivity index (χ4n) is 4.66. The number of carbonyl (C=O) groups excluding carboxylic acids is 1. The molecule has 3 unspecified atom stereocenters. The predicted octanol–water partition coefficient (Wildman–Crippen LogP) is 5.51. The number of aryl methyl sites for hydroxylation is 1. The smallest absolute Gasteiger partial charge is 0.416 e. The van der Waals surface area contributed by atoms with Crippen molar-refractivity contribution in [1.29, 1.82) is 0 Å². The lowest BCUT2D eigenvalue weighted by Crippen LogP contribution is -2.36. The molecule has 0 saturated heterocycles. The van der Waals surface area contributed by atoms with E-state index in [4.69, 9.17) is 4.74 Å². The number of fused-ring (bicyclic) bond motifs is 1. The molecule has 0 radical (unpaired) electrons. The second-order valence-corrected chi connectivity index (χ2v) is 8.91. The Balaban J connectivity index is 1.72. The van der Waals surface area contributed by atoms with Crippen LogP contribution in [-0.4, -0.2) is 30.5 Å². The largest absolute Gasteiger partial charge is 0.474 e. The van der Waals surface area contributed by atoms with Gasteiger partial charge in [-0.1, -0.05) is 24.3 Å². The molecule has 2 aromatic carbocycles. The van der Waals surface area contributed by atoms with Gasteiger partial charge in [-0.3, -0.25) is 15.0 Å².